The third-order valence-corrected chi connectivity index (χ3v) is 3.43. The first-order valence-corrected chi connectivity index (χ1v) is 7.88. The molecule has 1 aromatic rings. The largest absolute Gasteiger partial charge is 0.491 e. The molecule has 0 heterocycles. The van der Waals surface area contributed by atoms with Crippen LogP contribution in [0.5, 0.6) is 5.75 Å². The van der Waals surface area contributed by atoms with Crippen molar-refractivity contribution in [3.63, 3.8) is 0 Å². The van der Waals surface area contributed by atoms with Crippen molar-refractivity contribution in [1.82, 2.24) is 5.32 Å². The number of aliphatic hydroxyl groups is 1. The molecular formula is C18H29NO3. The van der Waals surface area contributed by atoms with Crippen LogP contribution in [-0.4, -0.2) is 29.8 Å². The summed E-state index contributed by atoms with van der Waals surface area (Å²) in [6.07, 6.45) is 0.984. The summed E-state index contributed by atoms with van der Waals surface area (Å²) in [6.45, 7) is 10.2. The van der Waals surface area contributed by atoms with Gasteiger partial charge in [0.05, 0.1) is 12.5 Å². The van der Waals surface area contributed by atoms with E-state index in [2.05, 4.69) is 26.1 Å². The Morgan fingerprint density at radius 2 is 2.00 bits per heavy atom. The molecule has 4 nitrogen and oxygen atoms in total. The normalized spacial score (nSPS) is 13.0. The second-order valence-corrected chi connectivity index (χ2v) is 6.99. The number of amides is 1. The summed E-state index contributed by atoms with van der Waals surface area (Å²) in [4.78, 5) is 12.2. The molecule has 0 aliphatic carbocycles. The lowest BCUT2D eigenvalue weighted by molar-refractivity contribution is -0.122. The van der Waals surface area contributed by atoms with Gasteiger partial charge < -0.3 is 15.2 Å². The van der Waals surface area contributed by atoms with Crippen LogP contribution in [0.25, 0.3) is 0 Å². The zero-order valence-electron chi connectivity index (χ0n) is 14.3. The van der Waals surface area contributed by atoms with Crippen LogP contribution in [-0.2, 0) is 11.2 Å². The molecule has 124 valence electrons. The Hall–Kier alpha value is -1.55. The van der Waals surface area contributed by atoms with Gasteiger partial charge in [-0.3, -0.25) is 4.79 Å². The van der Waals surface area contributed by atoms with Gasteiger partial charge in [0.15, 0.2) is 0 Å². The highest BCUT2D eigenvalue weighted by atomic mass is 16.5. The van der Waals surface area contributed by atoms with Crippen LogP contribution in [0.1, 0.15) is 46.6 Å². The number of aliphatic hydroxyl groups excluding tert-OH is 1. The Morgan fingerprint density at radius 1 is 1.32 bits per heavy atom. The number of benzene rings is 1. The van der Waals surface area contributed by atoms with Crippen molar-refractivity contribution < 1.29 is 14.6 Å². The molecule has 0 saturated carbocycles. The van der Waals surface area contributed by atoms with Gasteiger partial charge in [0.25, 0.3) is 0 Å². The summed E-state index contributed by atoms with van der Waals surface area (Å²) < 4.78 is 5.65. The minimum Gasteiger partial charge on any atom is -0.491 e. The number of rotatable bonds is 7. The van der Waals surface area contributed by atoms with Gasteiger partial charge in [-0.15, -0.1) is 0 Å². The quantitative estimate of drug-likeness (QED) is 0.814. The molecule has 0 aliphatic heterocycles. The number of carbonyl (C=O) groups excluding carboxylic acids is 1. The Labute approximate surface area is 133 Å². The molecule has 0 aliphatic rings. The van der Waals surface area contributed by atoms with Gasteiger partial charge in [-0.25, -0.2) is 0 Å². The van der Waals surface area contributed by atoms with E-state index in [0.717, 1.165) is 11.3 Å². The maximum Gasteiger partial charge on any atom is 0.224 e. The SMILES string of the molecule is CC(C)Oc1cccc(CC(=O)NC(CCO)C(C)(C)C)c1. The van der Waals surface area contributed by atoms with Gasteiger partial charge in [-0.05, 0) is 43.4 Å². The number of hydrogen-bond donors (Lipinski definition) is 2. The van der Waals surface area contributed by atoms with Gasteiger partial charge in [0.1, 0.15) is 5.75 Å². The van der Waals surface area contributed by atoms with E-state index in [9.17, 15) is 4.79 Å². The highest BCUT2D eigenvalue weighted by molar-refractivity contribution is 5.79. The second kappa shape index (κ2) is 8.18. The Balaban J connectivity index is 2.67. The smallest absolute Gasteiger partial charge is 0.224 e. The highest BCUT2D eigenvalue weighted by Gasteiger charge is 2.25. The molecular weight excluding hydrogens is 278 g/mol. The molecule has 0 saturated heterocycles. The molecule has 2 N–H and O–H groups in total. The van der Waals surface area contributed by atoms with E-state index in [4.69, 9.17) is 9.84 Å². The van der Waals surface area contributed by atoms with E-state index in [-0.39, 0.29) is 30.1 Å². The molecule has 1 unspecified atom stereocenters. The van der Waals surface area contributed by atoms with E-state index < -0.39 is 0 Å². The van der Waals surface area contributed by atoms with Gasteiger partial charge in [-0.2, -0.15) is 0 Å². The maximum absolute atomic E-state index is 12.2. The number of carbonyl (C=O) groups is 1. The van der Waals surface area contributed by atoms with Crippen LogP contribution < -0.4 is 10.1 Å². The Bertz CT molecular complexity index is 477. The molecule has 1 rings (SSSR count). The molecule has 0 bridgehead atoms. The first-order valence-electron chi connectivity index (χ1n) is 7.88. The predicted octanol–water partition coefficient (Wildman–Crippen LogP) is 2.93. The first-order chi connectivity index (χ1) is 10.2. The zero-order chi connectivity index (χ0) is 16.8. The van der Waals surface area contributed by atoms with E-state index in [1.54, 1.807) is 0 Å². The zero-order valence-corrected chi connectivity index (χ0v) is 14.3. The second-order valence-electron chi connectivity index (χ2n) is 6.99. The summed E-state index contributed by atoms with van der Waals surface area (Å²) in [7, 11) is 0. The number of ether oxygens (including phenoxy) is 1. The topological polar surface area (TPSA) is 58.6 Å². The summed E-state index contributed by atoms with van der Waals surface area (Å²) in [5.41, 5.74) is 0.841. The molecule has 1 atom stereocenters. The van der Waals surface area contributed by atoms with Crippen molar-refractivity contribution in [3.05, 3.63) is 29.8 Å². The van der Waals surface area contributed by atoms with Gasteiger partial charge in [0, 0.05) is 12.6 Å². The molecule has 0 radical (unpaired) electrons. The Morgan fingerprint density at radius 3 is 2.55 bits per heavy atom. The minimum absolute atomic E-state index is 0.0323. The highest BCUT2D eigenvalue weighted by Crippen LogP contribution is 2.22. The van der Waals surface area contributed by atoms with Crippen molar-refractivity contribution in [2.75, 3.05) is 6.61 Å². The van der Waals surface area contributed by atoms with Crippen LogP contribution in [0.3, 0.4) is 0 Å². The van der Waals surface area contributed by atoms with Gasteiger partial charge >= 0.3 is 0 Å². The van der Waals surface area contributed by atoms with Gasteiger partial charge in [0.2, 0.25) is 5.91 Å². The molecule has 1 aromatic carbocycles. The third-order valence-electron chi connectivity index (χ3n) is 3.43. The fraction of sp³-hybridized carbons (Fsp3) is 0.611. The van der Waals surface area contributed by atoms with Crippen LogP contribution in [0.15, 0.2) is 24.3 Å². The lowest BCUT2D eigenvalue weighted by atomic mass is 9.85. The van der Waals surface area contributed by atoms with E-state index in [0.29, 0.717) is 12.8 Å². The fourth-order valence-electron chi connectivity index (χ4n) is 2.28. The van der Waals surface area contributed by atoms with Crippen molar-refractivity contribution in [1.29, 1.82) is 0 Å². The molecule has 22 heavy (non-hydrogen) atoms. The van der Waals surface area contributed by atoms with Crippen LogP contribution >= 0.6 is 0 Å². The molecule has 0 fully saturated rings. The number of nitrogens with one attached hydrogen (secondary N) is 1. The molecule has 0 spiro atoms. The number of hydrogen-bond acceptors (Lipinski definition) is 3. The standard InChI is InChI=1S/C18H29NO3/c1-13(2)22-15-8-6-7-14(11-15)12-17(21)19-16(9-10-20)18(3,4)5/h6-8,11,13,16,20H,9-10,12H2,1-5H3,(H,19,21). The first kappa shape index (κ1) is 18.5. The summed E-state index contributed by atoms with van der Waals surface area (Å²) >= 11 is 0. The van der Waals surface area contributed by atoms with E-state index in [1.807, 2.05) is 38.1 Å². The lowest BCUT2D eigenvalue weighted by Gasteiger charge is -2.31. The van der Waals surface area contributed by atoms with Gasteiger partial charge in [-0.1, -0.05) is 32.9 Å². The van der Waals surface area contributed by atoms with E-state index >= 15 is 0 Å². The molecule has 0 aromatic heterocycles. The maximum atomic E-state index is 12.2. The average molecular weight is 307 g/mol. The van der Waals surface area contributed by atoms with Crippen molar-refractivity contribution in [2.24, 2.45) is 5.41 Å². The van der Waals surface area contributed by atoms with E-state index in [1.165, 1.54) is 0 Å². The average Bonchev–Trinajstić information content (AvgIpc) is 2.36. The van der Waals surface area contributed by atoms with Crippen LogP contribution in [0.4, 0.5) is 0 Å². The molecule has 4 heteroatoms. The van der Waals surface area contributed by atoms with Crippen molar-refractivity contribution in [3.8, 4) is 5.75 Å². The van der Waals surface area contributed by atoms with Crippen molar-refractivity contribution >= 4 is 5.91 Å². The minimum atomic E-state index is -0.0823. The molecule has 1 amide bonds. The summed E-state index contributed by atoms with van der Waals surface area (Å²) in [6, 6.07) is 7.57. The monoisotopic (exact) mass is 307 g/mol. The Kier molecular flexibility index (Phi) is 6.88. The summed E-state index contributed by atoms with van der Waals surface area (Å²) in [5.74, 6) is 0.748. The van der Waals surface area contributed by atoms with Crippen LogP contribution in [0.2, 0.25) is 0 Å². The van der Waals surface area contributed by atoms with Crippen LogP contribution in [0, 0.1) is 5.41 Å². The predicted molar refractivity (Wildman–Crippen MR) is 89.0 cm³/mol. The van der Waals surface area contributed by atoms with Crippen molar-refractivity contribution in [2.45, 2.75) is 59.6 Å². The lowest BCUT2D eigenvalue weighted by Crippen LogP contribution is -2.44. The third kappa shape index (κ3) is 6.48. The summed E-state index contributed by atoms with van der Waals surface area (Å²) in [5, 5.41) is 12.2. The fourth-order valence-corrected chi connectivity index (χ4v) is 2.28.